The van der Waals surface area contributed by atoms with Crippen LogP contribution in [-0.2, 0) is 9.47 Å². The second kappa shape index (κ2) is 7.99. The Morgan fingerprint density at radius 1 is 1.42 bits per heavy atom. The number of rotatable bonds is 4. The Morgan fingerprint density at radius 2 is 2.17 bits per heavy atom. The summed E-state index contributed by atoms with van der Waals surface area (Å²) in [5.41, 5.74) is 3.60. The first-order valence-electron chi connectivity index (χ1n) is 8.56. The van der Waals surface area contributed by atoms with Gasteiger partial charge in [-0.2, -0.15) is 0 Å². The van der Waals surface area contributed by atoms with Gasteiger partial charge in [-0.05, 0) is 38.8 Å². The lowest BCUT2D eigenvalue weighted by atomic mass is 10.00. The average Bonchev–Trinajstić information content (AvgIpc) is 2.55. The molecule has 134 valence electrons. The van der Waals surface area contributed by atoms with E-state index in [9.17, 15) is 0 Å². The van der Waals surface area contributed by atoms with E-state index in [1.54, 1.807) is 7.11 Å². The lowest BCUT2D eigenvalue weighted by Crippen LogP contribution is -2.51. The standard InChI is InChI=1S/C19H31N3O2/c1-14-7-8-16(15(2)11-14)17-12-22(9-10-24-17)18(20-5)21-13-19(3,4)23-6/h7-8,11,17H,9-10,12-13H2,1-6H3,(H,20,21). The van der Waals surface area contributed by atoms with Crippen LogP contribution in [0.2, 0.25) is 0 Å². The summed E-state index contributed by atoms with van der Waals surface area (Å²) in [5.74, 6) is 0.901. The molecule has 0 bridgehead atoms. The van der Waals surface area contributed by atoms with Crippen molar-refractivity contribution in [2.45, 2.75) is 39.4 Å². The first-order chi connectivity index (χ1) is 11.4. The molecule has 1 N–H and O–H groups in total. The molecule has 1 aliphatic rings. The molecule has 0 aromatic heterocycles. The molecule has 1 heterocycles. The van der Waals surface area contributed by atoms with E-state index in [0.29, 0.717) is 13.2 Å². The van der Waals surface area contributed by atoms with Crippen molar-refractivity contribution in [3.05, 3.63) is 34.9 Å². The van der Waals surface area contributed by atoms with Crippen molar-refractivity contribution < 1.29 is 9.47 Å². The number of hydrogen-bond donors (Lipinski definition) is 1. The predicted octanol–water partition coefficient (Wildman–Crippen LogP) is 2.68. The zero-order valence-corrected chi connectivity index (χ0v) is 15.8. The number of ether oxygens (including phenoxy) is 2. The van der Waals surface area contributed by atoms with E-state index in [2.05, 4.69) is 61.1 Å². The number of nitrogens with one attached hydrogen (secondary N) is 1. The van der Waals surface area contributed by atoms with Crippen molar-refractivity contribution in [3.8, 4) is 0 Å². The highest BCUT2D eigenvalue weighted by Gasteiger charge is 2.26. The monoisotopic (exact) mass is 333 g/mol. The smallest absolute Gasteiger partial charge is 0.193 e. The molecule has 1 saturated heterocycles. The van der Waals surface area contributed by atoms with Gasteiger partial charge in [-0.15, -0.1) is 0 Å². The highest BCUT2D eigenvalue weighted by Crippen LogP contribution is 2.26. The van der Waals surface area contributed by atoms with Gasteiger partial charge in [0.25, 0.3) is 0 Å². The van der Waals surface area contributed by atoms with Gasteiger partial charge >= 0.3 is 0 Å². The van der Waals surface area contributed by atoms with Gasteiger partial charge in [0, 0.05) is 27.2 Å². The second-order valence-electron chi connectivity index (χ2n) is 7.03. The van der Waals surface area contributed by atoms with Crippen LogP contribution in [0.4, 0.5) is 0 Å². The number of aliphatic imine (C=N–C) groups is 1. The van der Waals surface area contributed by atoms with Gasteiger partial charge in [0.15, 0.2) is 5.96 Å². The molecule has 0 aliphatic carbocycles. The second-order valence-corrected chi connectivity index (χ2v) is 7.03. The van der Waals surface area contributed by atoms with Crippen LogP contribution in [0.25, 0.3) is 0 Å². The van der Waals surface area contributed by atoms with Crippen molar-refractivity contribution in [2.24, 2.45) is 4.99 Å². The van der Waals surface area contributed by atoms with Crippen LogP contribution in [0, 0.1) is 13.8 Å². The average molecular weight is 333 g/mol. The fraction of sp³-hybridized carbons (Fsp3) is 0.632. The molecule has 5 heteroatoms. The van der Waals surface area contributed by atoms with Gasteiger partial charge in [-0.3, -0.25) is 4.99 Å². The molecule has 1 fully saturated rings. The minimum atomic E-state index is -0.227. The van der Waals surface area contributed by atoms with Crippen LogP contribution in [0.3, 0.4) is 0 Å². The fourth-order valence-corrected chi connectivity index (χ4v) is 2.91. The summed E-state index contributed by atoms with van der Waals surface area (Å²) < 4.78 is 11.5. The maximum absolute atomic E-state index is 6.03. The summed E-state index contributed by atoms with van der Waals surface area (Å²) in [6.45, 7) is 11.4. The summed E-state index contributed by atoms with van der Waals surface area (Å²) in [4.78, 5) is 6.70. The van der Waals surface area contributed by atoms with E-state index < -0.39 is 0 Å². The van der Waals surface area contributed by atoms with E-state index in [1.165, 1.54) is 16.7 Å². The molecule has 1 atom stereocenters. The molecule has 0 spiro atoms. The summed E-state index contributed by atoms with van der Waals surface area (Å²) in [6.07, 6.45) is 0.0772. The van der Waals surface area contributed by atoms with E-state index in [4.69, 9.17) is 9.47 Å². The molecule has 5 nitrogen and oxygen atoms in total. The van der Waals surface area contributed by atoms with Crippen LogP contribution in [0.1, 0.15) is 36.6 Å². The quantitative estimate of drug-likeness (QED) is 0.680. The Hall–Kier alpha value is -1.59. The molecule has 0 amide bonds. The topological polar surface area (TPSA) is 46.1 Å². The van der Waals surface area contributed by atoms with Gasteiger partial charge in [0.1, 0.15) is 6.10 Å². The summed E-state index contributed by atoms with van der Waals surface area (Å²) in [5, 5.41) is 3.42. The Kier molecular flexibility index (Phi) is 6.24. The molecule has 1 unspecified atom stereocenters. The first-order valence-corrected chi connectivity index (χ1v) is 8.56. The normalized spacial score (nSPS) is 19.5. The van der Waals surface area contributed by atoms with Crippen LogP contribution in [0.15, 0.2) is 23.2 Å². The Labute approximate surface area is 146 Å². The highest BCUT2D eigenvalue weighted by atomic mass is 16.5. The lowest BCUT2D eigenvalue weighted by Gasteiger charge is -2.36. The minimum absolute atomic E-state index is 0.0772. The molecule has 24 heavy (non-hydrogen) atoms. The third-order valence-electron chi connectivity index (χ3n) is 4.57. The van der Waals surface area contributed by atoms with Crippen molar-refractivity contribution in [3.63, 3.8) is 0 Å². The summed E-state index contributed by atoms with van der Waals surface area (Å²) >= 11 is 0. The van der Waals surface area contributed by atoms with Crippen LogP contribution < -0.4 is 5.32 Å². The number of nitrogens with zero attached hydrogens (tertiary/aromatic N) is 2. The molecule has 1 aromatic carbocycles. The van der Waals surface area contributed by atoms with E-state index >= 15 is 0 Å². The Morgan fingerprint density at radius 3 is 2.79 bits per heavy atom. The van der Waals surface area contributed by atoms with Gasteiger partial charge in [-0.1, -0.05) is 23.8 Å². The van der Waals surface area contributed by atoms with Crippen LogP contribution >= 0.6 is 0 Å². The number of hydrogen-bond acceptors (Lipinski definition) is 3. The van der Waals surface area contributed by atoms with Crippen LogP contribution in [0.5, 0.6) is 0 Å². The SMILES string of the molecule is CN=C(NCC(C)(C)OC)N1CCOC(c2ccc(C)cc2C)C1. The zero-order valence-electron chi connectivity index (χ0n) is 15.8. The number of morpholine rings is 1. The Balaban J connectivity index is 2.06. The molecule has 2 rings (SSSR count). The molecular weight excluding hydrogens is 302 g/mol. The number of aryl methyl sites for hydroxylation is 2. The van der Waals surface area contributed by atoms with Crippen molar-refractivity contribution >= 4 is 5.96 Å². The van der Waals surface area contributed by atoms with Crippen LogP contribution in [-0.4, -0.2) is 56.9 Å². The minimum Gasteiger partial charge on any atom is -0.377 e. The largest absolute Gasteiger partial charge is 0.377 e. The molecule has 0 radical (unpaired) electrons. The molecular formula is C19H31N3O2. The van der Waals surface area contributed by atoms with Gasteiger partial charge in [0.2, 0.25) is 0 Å². The highest BCUT2D eigenvalue weighted by molar-refractivity contribution is 5.80. The summed E-state index contributed by atoms with van der Waals surface area (Å²) in [7, 11) is 3.55. The van der Waals surface area contributed by atoms with E-state index in [1.807, 2.05) is 7.05 Å². The lowest BCUT2D eigenvalue weighted by molar-refractivity contribution is -0.00961. The first kappa shape index (κ1) is 18.7. The Bertz CT molecular complexity index is 584. The van der Waals surface area contributed by atoms with Gasteiger partial charge < -0.3 is 19.7 Å². The fourth-order valence-electron chi connectivity index (χ4n) is 2.91. The number of benzene rings is 1. The molecule has 1 aliphatic heterocycles. The van der Waals surface area contributed by atoms with Gasteiger partial charge in [0.05, 0.1) is 18.8 Å². The van der Waals surface area contributed by atoms with E-state index in [-0.39, 0.29) is 11.7 Å². The maximum atomic E-state index is 6.03. The van der Waals surface area contributed by atoms with Gasteiger partial charge in [-0.25, -0.2) is 0 Å². The third-order valence-corrected chi connectivity index (χ3v) is 4.57. The van der Waals surface area contributed by atoms with Crippen molar-refractivity contribution in [1.29, 1.82) is 0 Å². The summed E-state index contributed by atoms with van der Waals surface area (Å²) in [6, 6.07) is 6.55. The molecule has 0 saturated carbocycles. The maximum Gasteiger partial charge on any atom is 0.193 e. The predicted molar refractivity (Wildman–Crippen MR) is 98.6 cm³/mol. The van der Waals surface area contributed by atoms with Crippen molar-refractivity contribution in [1.82, 2.24) is 10.2 Å². The number of methoxy groups -OCH3 is 1. The van der Waals surface area contributed by atoms with Crippen molar-refractivity contribution in [2.75, 3.05) is 40.4 Å². The molecule has 1 aromatic rings. The third kappa shape index (κ3) is 4.71. The zero-order chi connectivity index (χ0) is 17.7. The van der Waals surface area contributed by atoms with E-state index in [0.717, 1.165) is 19.0 Å². The number of guanidine groups is 1.